The summed E-state index contributed by atoms with van der Waals surface area (Å²) in [4.78, 5) is 26.0. The Kier molecular flexibility index (Phi) is 5.08. The van der Waals surface area contributed by atoms with Crippen molar-refractivity contribution in [1.29, 1.82) is 0 Å². The Morgan fingerprint density at radius 3 is 2.56 bits per heavy atom. The molecule has 0 aliphatic heterocycles. The molecule has 3 rings (SSSR count). The van der Waals surface area contributed by atoms with Crippen LogP contribution in [0.4, 0.5) is 5.00 Å². The van der Waals surface area contributed by atoms with Crippen LogP contribution in [0.1, 0.15) is 44.5 Å². The van der Waals surface area contributed by atoms with E-state index >= 15 is 0 Å². The third-order valence-corrected chi connectivity index (χ3v) is 5.65. The fourth-order valence-electron chi connectivity index (χ4n) is 3.07. The molecule has 1 atom stereocenters. The molecule has 25 heavy (non-hydrogen) atoms. The van der Waals surface area contributed by atoms with Crippen molar-refractivity contribution in [2.75, 3.05) is 19.5 Å². The van der Waals surface area contributed by atoms with Crippen LogP contribution in [0.25, 0.3) is 0 Å². The summed E-state index contributed by atoms with van der Waals surface area (Å²) in [5.74, 6) is 0.630. The van der Waals surface area contributed by atoms with E-state index in [1.165, 1.54) is 23.3 Å². The van der Waals surface area contributed by atoms with Crippen LogP contribution in [0.2, 0.25) is 0 Å². The highest BCUT2D eigenvalue weighted by Gasteiger charge is 2.29. The molecule has 6 heteroatoms. The van der Waals surface area contributed by atoms with Crippen LogP contribution < -0.4 is 10.1 Å². The molecule has 0 radical (unpaired) electrons. The number of nitrogens with one attached hydrogen (secondary N) is 1. The van der Waals surface area contributed by atoms with Gasteiger partial charge in [0.15, 0.2) is 0 Å². The highest BCUT2D eigenvalue weighted by Crippen LogP contribution is 2.40. The third kappa shape index (κ3) is 3.54. The molecule has 0 saturated heterocycles. The molecule has 0 fully saturated rings. The number of hydrogen-bond acceptors (Lipinski definition) is 5. The maximum atomic E-state index is 12.6. The summed E-state index contributed by atoms with van der Waals surface area (Å²) in [5, 5.41) is 3.47. The van der Waals surface area contributed by atoms with Crippen LogP contribution in [0.3, 0.4) is 0 Å². The minimum Gasteiger partial charge on any atom is -0.497 e. The molecule has 132 valence electrons. The second-order valence-corrected chi connectivity index (χ2v) is 7.34. The van der Waals surface area contributed by atoms with Gasteiger partial charge in [-0.3, -0.25) is 4.79 Å². The lowest BCUT2D eigenvalue weighted by Crippen LogP contribution is -2.16. The van der Waals surface area contributed by atoms with Gasteiger partial charge in [0, 0.05) is 10.4 Å². The number of carbonyl (C=O) groups is 2. The molecule has 0 saturated carbocycles. The number of thiophene rings is 1. The van der Waals surface area contributed by atoms with Crippen LogP contribution in [0, 0.1) is 5.92 Å². The van der Waals surface area contributed by atoms with Crippen LogP contribution >= 0.6 is 11.3 Å². The van der Waals surface area contributed by atoms with E-state index in [9.17, 15) is 9.59 Å². The zero-order valence-corrected chi connectivity index (χ0v) is 15.4. The summed E-state index contributed by atoms with van der Waals surface area (Å²) in [6.45, 7) is 2.20. The molecular weight excluding hydrogens is 338 g/mol. The first-order valence-electron chi connectivity index (χ1n) is 8.21. The Morgan fingerprint density at radius 1 is 1.20 bits per heavy atom. The molecule has 1 aromatic heterocycles. The topological polar surface area (TPSA) is 64.6 Å². The number of benzene rings is 1. The largest absolute Gasteiger partial charge is 0.497 e. The fraction of sp³-hybridized carbons (Fsp3) is 0.368. The first-order chi connectivity index (χ1) is 12.0. The van der Waals surface area contributed by atoms with Gasteiger partial charge < -0.3 is 14.8 Å². The van der Waals surface area contributed by atoms with E-state index in [0.29, 0.717) is 27.8 Å². The van der Waals surface area contributed by atoms with E-state index in [1.54, 1.807) is 31.4 Å². The van der Waals surface area contributed by atoms with Crippen LogP contribution in [0.15, 0.2) is 24.3 Å². The maximum Gasteiger partial charge on any atom is 0.341 e. The maximum absolute atomic E-state index is 12.6. The standard InChI is InChI=1S/C19H21NO4S/c1-11-4-9-14-15(10-11)25-18(16(14)19(22)24-3)20-17(21)12-5-7-13(23-2)8-6-12/h5-8,11H,4,9-10H2,1-3H3,(H,20,21)/t11-/m1/s1. The van der Waals surface area contributed by atoms with Gasteiger partial charge in [-0.25, -0.2) is 4.79 Å². The van der Waals surface area contributed by atoms with Gasteiger partial charge in [-0.2, -0.15) is 0 Å². The zero-order valence-electron chi connectivity index (χ0n) is 14.5. The Labute approximate surface area is 151 Å². The van der Waals surface area contributed by atoms with E-state index in [1.807, 2.05) is 0 Å². The Balaban J connectivity index is 1.90. The SMILES string of the molecule is COC(=O)c1c(NC(=O)c2ccc(OC)cc2)sc2c1CC[C@@H](C)C2. The predicted octanol–water partition coefficient (Wildman–Crippen LogP) is 3.92. The number of hydrogen-bond donors (Lipinski definition) is 1. The predicted molar refractivity (Wildman–Crippen MR) is 97.8 cm³/mol. The summed E-state index contributed by atoms with van der Waals surface area (Å²) < 4.78 is 10.1. The number of fused-ring (bicyclic) bond motifs is 1. The second-order valence-electron chi connectivity index (χ2n) is 6.23. The first-order valence-corrected chi connectivity index (χ1v) is 9.03. The lowest BCUT2D eigenvalue weighted by atomic mass is 9.88. The van der Waals surface area contributed by atoms with Crippen molar-refractivity contribution in [2.24, 2.45) is 5.92 Å². The number of ether oxygens (including phenoxy) is 2. The van der Waals surface area contributed by atoms with Crippen molar-refractivity contribution in [1.82, 2.24) is 0 Å². The summed E-state index contributed by atoms with van der Waals surface area (Å²) in [6, 6.07) is 6.86. The Hall–Kier alpha value is -2.34. The monoisotopic (exact) mass is 359 g/mol. The van der Waals surface area contributed by atoms with Crippen molar-refractivity contribution in [2.45, 2.75) is 26.2 Å². The number of rotatable bonds is 4. The van der Waals surface area contributed by atoms with E-state index in [2.05, 4.69) is 12.2 Å². The number of carbonyl (C=O) groups excluding carboxylic acids is 2. The smallest absolute Gasteiger partial charge is 0.341 e. The van der Waals surface area contributed by atoms with Gasteiger partial charge in [-0.05, 0) is 55.0 Å². The van der Waals surface area contributed by atoms with Crippen molar-refractivity contribution < 1.29 is 19.1 Å². The summed E-state index contributed by atoms with van der Waals surface area (Å²) in [6.07, 6.45) is 2.82. The lowest BCUT2D eigenvalue weighted by Gasteiger charge is -2.18. The quantitative estimate of drug-likeness (QED) is 0.841. The number of anilines is 1. The molecule has 1 N–H and O–H groups in total. The van der Waals surface area contributed by atoms with Gasteiger partial charge in [0.2, 0.25) is 0 Å². The fourth-order valence-corrected chi connectivity index (χ4v) is 4.47. The van der Waals surface area contributed by atoms with Crippen molar-refractivity contribution >= 4 is 28.2 Å². The molecule has 0 spiro atoms. The average Bonchev–Trinajstić information content (AvgIpc) is 2.97. The first kappa shape index (κ1) is 17.5. The Bertz CT molecular complexity index is 795. The number of amides is 1. The molecule has 1 heterocycles. The molecule has 1 aliphatic rings. The van der Waals surface area contributed by atoms with Crippen molar-refractivity contribution in [3.8, 4) is 5.75 Å². The van der Waals surface area contributed by atoms with E-state index in [-0.39, 0.29) is 5.91 Å². The van der Waals surface area contributed by atoms with Gasteiger partial charge in [0.25, 0.3) is 5.91 Å². The molecule has 5 nitrogen and oxygen atoms in total. The van der Waals surface area contributed by atoms with Gasteiger partial charge in [-0.15, -0.1) is 11.3 Å². The Morgan fingerprint density at radius 2 is 1.92 bits per heavy atom. The lowest BCUT2D eigenvalue weighted by molar-refractivity contribution is 0.0601. The van der Waals surface area contributed by atoms with Crippen molar-refractivity contribution in [3.05, 3.63) is 45.8 Å². The molecule has 1 amide bonds. The molecule has 0 unspecified atom stereocenters. The summed E-state index contributed by atoms with van der Waals surface area (Å²) in [7, 11) is 2.95. The summed E-state index contributed by atoms with van der Waals surface area (Å²) >= 11 is 1.48. The number of methoxy groups -OCH3 is 2. The highest BCUT2D eigenvalue weighted by atomic mass is 32.1. The summed E-state index contributed by atoms with van der Waals surface area (Å²) in [5.41, 5.74) is 2.05. The van der Waals surface area contributed by atoms with Crippen molar-refractivity contribution in [3.63, 3.8) is 0 Å². The van der Waals surface area contributed by atoms with E-state index in [4.69, 9.17) is 9.47 Å². The molecular formula is C19H21NO4S. The normalized spacial score (nSPS) is 16.0. The minimum absolute atomic E-state index is 0.251. The van der Waals surface area contributed by atoms with Crippen LogP contribution in [0.5, 0.6) is 5.75 Å². The van der Waals surface area contributed by atoms with Gasteiger partial charge in [0.05, 0.1) is 19.8 Å². The molecule has 2 aromatic rings. The van der Waals surface area contributed by atoms with E-state index in [0.717, 1.165) is 24.8 Å². The second kappa shape index (κ2) is 7.27. The third-order valence-electron chi connectivity index (χ3n) is 4.48. The zero-order chi connectivity index (χ0) is 18.0. The van der Waals surface area contributed by atoms with Gasteiger partial charge in [-0.1, -0.05) is 6.92 Å². The molecule has 1 aliphatic carbocycles. The van der Waals surface area contributed by atoms with Crippen LogP contribution in [-0.2, 0) is 17.6 Å². The van der Waals surface area contributed by atoms with Gasteiger partial charge in [0.1, 0.15) is 10.8 Å². The number of esters is 1. The minimum atomic E-state index is -0.392. The average molecular weight is 359 g/mol. The molecule has 1 aromatic carbocycles. The highest BCUT2D eigenvalue weighted by molar-refractivity contribution is 7.17. The van der Waals surface area contributed by atoms with E-state index < -0.39 is 5.97 Å². The van der Waals surface area contributed by atoms with Gasteiger partial charge >= 0.3 is 5.97 Å². The molecule has 0 bridgehead atoms. The van der Waals surface area contributed by atoms with Crippen LogP contribution in [-0.4, -0.2) is 26.1 Å².